The summed E-state index contributed by atoms with van der Waals surface area (Å²) in [6.07, 6.45) is 0. The second-order valence-electron chi connectivity index (χ2n) is 6.85. The average molecular weight is 408 g/mol. The minimum atomic E-state index is -0.758. The topological polar surface area (TPSA) is 77.2 Å². The molecule has 0 spiro atoms. The van der Waals surface area contributed by atoms with Crippen LogP contribution in [0.4, 0.5) is 0 Å². The molecule has 1 N–H and O–H groups in total. The maximum atomic E-state index is 11.5. The quantitative estimate of drug-likeness (QED) is 0.521. The molecular weight excluding hydrogens is 388 g/mol. The number of ether oxygens (including phenoxy) is 1. The highest BCUT2D eigenvalue weighted by molar-refractivity contribution is 7.10. The zero-order valence-electron chi connectivity index (χ0n) is 16.1. The Labute approximate surface area is 171 Å². The molecule has 0 aliphatic heterocycles. The predicted molar refractivity (Wildman–Crippen MR) is 113 cm³/mol. The van der Waals surface area contributed by atoms with Crippen molar-refractivity contribution in [3.05, 3.63) is 96.5 Å². The second-order valence-corrected chi connectivity index (χ2v) is 7.84. The number of nitrogens with one attached hydrogen (secondary N) is 1. The molecule has 0 amide bonds. The Morgan fingerprint density at radius 3 is 2.45 bits per heavy atom. The molecule has 4 rings (SSSR count). The Morgan fingerprint density at radius 2 is 1.79 bits per heavy atom. The van der Waals surface area contributed by atoms with Gasteiger partial charge in [-0.15, -0.1) is 16.1 Å². The van der Waals surface area contributed by atoms with Gasteiger partial charge >= 0.3 is 11.4 Å². The summed E-state index contributed by atoms with van der Waals surface area (Å²) < 4.78 is 11.7. The number of aromatic amines is 1. The number of rotatable bonds is 6. The zero-order chi connectivity index (χ0) is 20.4. The van der Waals surface area contributed by atoms with Crippen molar-refractivity contribution in [3.8, 4) is 16.9 Å². The highest BCUT2D eigenvalue weighted by atomic mass is 32.1. The van der Waals surface area contributed by atoms with Gasteiger partial charge in [0.25, 0.3) is 0 Å². The molecule has 0 saturated heterocycles. The van der Waals surface area contributed by atoms with E-state index < -0.39 is 11.4 Å². The Bertz CT molecular complexity index is 1220. The number of aryl methyl sites for hydroxylation is 2. The van der Waals surface area contributed by atoms with Crippen LogP contribution in [0, 0.1) is 13.8 Å². The second kappa shape index (κ2) is 7.97. The van der Waals surface area contributed by atoms with Gasteiger partial charge in [-0.2, -0.15) is 0 Å². The average Bonchev–Trinajstić information content (AvgIpc) is 3.27. The Morgan fingerprint density at radius 1 is 1.07 bits per heavy atom. The standard InChI is InChI=1S/C22H20N2O4S/c1-14-4-3-5-15(2)20(14)17-10-19(29-13-17)12-27-18-8-6-16(7-9-18)11-24-21(25)23-22(26)28-24/h3-10,13H,11-12H2,1-2H3,(H,23,25,26). The molecule has 2 aromatic carbocycles. The van der Waals surface area contributed by atoms with Crippen LogP contribution in [0.25, 0.3) is 11.1 Å². The number of aromatic nitrogens is 2. The van der Waals surface area contributed by atoms with Gasteiger partial charge in [-0.1, -0.05) is 30.3 Å². The summed E-state index contributed by atoms with van der Waals surface area (Å²) in [5.41, 5.74) is 5.30. The van der Waals surface area contributed by atoms with E-state index in [1.54, 1.807) is 11.3 Å². The summed E-state index contributed by atoms with van der Waals surface area (Å²) in [6, 6.07) is 15.9. The largest absolute Gasteiger partial charge is 0.488 e. The number of benzene rings is 2. The van der Waals surface area contributed by atoms with Gasteiger partial charge in [-0.05, 0) is 65.2 Å². The highest BCUT2D eigenvalue weighted by Gasteiger charge is 2.09. The normalized spacial score (nSPS) is 11.0. The van der Waals surface area contributed by atoms with Gasteiger partial charge in [0.1, 0.15) is 12.4 Å². The number of thiophene rings is 1. The molecule has 148 valence electrons. The molecule has 7 heteroatoms. The van der Waals surface area contributed by atoms with Gasteiger partial charge in [0.15, 0.2) is 0 Å². The molecule has 0 aliphatic carbocycles. The summed E-state index contributed by atoms with van der Waals surface area (Å²) in [5.74, 6) is -0.0233. The smallest absolute Gasteiger partial charge is 0.440 e. The summed E-state index contributed by atoms with van der Waals surface area (Å²) in [7, 11) is 0. The number of hydrogen-bond acceptors (Lipinski definition) is 5. The minimum absolute atomic E-state index is 0.182. The van der Waals surface area contributed by atoms with E-state index in [0.717, 1.165) is 20.9 Å². The number of nitrogens with zero attached hydrogens (tertiary/aromatic N) is 1. The Balaban J connectivity index is 1.41. The van der Waals surface area contributed by atoms with E-state index in [-0.39, 0.29) is 6.54 Å². The molecule has 0 aliphatic rings. The molecule has 0 unspecified atom stereocenters. The lowest BCUT2D eigenvalue weighted by Gasteiger charge is -2.07. The van der Waals surface area contributed by atoms with Crippen LogP contribution in [0.2, 0.25) is 0 Å². The third-order valence-electron chi connectivity index (χ3n) is 4.68. The zero-order valence-corrected chi connectivity index (χ0v) is 16.9. The first-order valence-electron chi connectivity index (χ1n) is 9.16. The van der Waals surface area contributed by atoms with E-state index in [0.29, 0.717) is 6.61 Å². The fourth-order valence-corrected chi connectivity index (χ4v) is 4.07. The van der Waals surface area contributed by atoms with E-state index in [1.807, 2.05) is 24.3 Å². The van der Waals surface area contributed by atoms with Crippen LogP contribution in [0.1, 0.15) is 21.6 Å². The summed E-state index contributed by atoms with van der Waals surface area (Å²) in [5, 5.41) is 2.17. The van der Waals surface area contributed by atoms with Crippen molar-refractivity contribution in [2.75, 3.05) is 0 Å². The number of H-pyrrole nitrogens is 1. The fourth-order valence-electron chi connectivity index (χ4n) is 3.29. The first-order valence-corrected chi connectivity index (χ1v) is 10.0. The van der Waals surface area contributed by atoms with E-state index in [4.69, 9.17) is 9.26 Å². The van der Waals surface area contributed by atoms with Crippen molar-refractivity contribution in [1.82, 2.24) is 9.72 Å². The van der Waals surface area contributed by atoms with Crippen molar-refractivity contribution in [3.63, 3.8) is 0 Å². The van der Waals surface area contributed by atoms with Crippen LogP contribution in [-0.4, -0.2) is 9.72 Å². The lowest BCUT2D eigenvalue weighted by atomic mass is 9.98. The van der Waals surface area contributed by atoms with Crippen molar-refractivity contribution in [2.45, 2.75) is 27.0 Å². The van der Waals surface area contributed by atoms with Gasteiger partial charge in [-0.3, -0.25) is 0 Å². The first-order chi connectivity index (χ1) is 14.0. The van der Waals surface area contributed by atoms with Crippen molar-refractivity contribution in [2.24, 2.45) is 0 Å². The summed E-state index contributed by atoms with van der Waals surface area (Å²) in [4.78, 5) is 25.8. The van der Waals surface area contributed by atoms with Gasteiger partial charge in [0, 0.05) is 4.88 Å². The van der Waals surface area contributed by atoms with Gasteiger partial charge in [-0.25, -0.2) is 14.6 Å². The van der Waals surface area contributed by atoms with Crippen molar-refractivity contribution >= 4 is 11.3 Å². The monoisotopic (exact) mass is 408 g/mol. The molecule has 0 saturated carbocycles. The molecule has 0 fully saturated rings. The van der Waals surface area contributed by atoms with Crippen LogP contribution >= 0.6 is 11.3 Å². The molecule has 0 atom stereocenters. The molecule has 4 aromatic rings. The molecule has 2 aromatic heterocycles. The predicted octanol–water partition coefficient (Wildman–Crippen LogP) is 4.10. The van der Waals surface area contributed by atoms with E-state index in [2.05, 4.69) is 48.5 Å². The Kier molecular flexibility index (Phi) is 5.22. The molecule has 6 nitrogen and oxygen atoms in total. The Hall–Kier alpha value is -3.32. The molecule has 0 bridgehead atoms. The van der Waals surface area contributed by atoms with Crippen LogP contribution < -0.4 is 16.2 Å². The van der Waals surface area contributed by atoms with E-state index in [1.165, 1.54) is 22.3 Å². The van der Waals surface area contributed by atoms with Gasteiger partial charge < -0.3 is 9.26 Å². The summed E-state index contributed by atoms with van der Waals surface area (Å²) >= 11 is 1.68. The van der Waals surface area contributed by atoms with Gasteiger partial charge in [0.05, 0.1) is 6.54 Å². The van der Waals surface area contributed by atoms with Crippen LogP contribution in [0.3, 0.4) is 0 Å². The van der Waals surface area contributed by atoms with E-state index in [9.17, 15) is 9.59 Å². The number of hydrogen-bond donors (Lipinski definition) is 1. The van der Waals surface area contributed by atoms with Crippen molar-refractivity contribution < 1.29 is 9.26 Å². The maximum absolute atomic E-state index is 11.5. The lowest BCUT2D eigenvalue weighted by Crippen LogP contribution is -2.17. The molecule has 0 radical (unpaired) electrons. The van der Waals surface area contributed by atoms with E-state index >= 15 is 0 Å². The first kappa shape index (κ1) is 19.0. The summed E-state index contributed by atoms with van der Waals surface area (Å²) in [6.45, 7) is 4.93. The third kappa shape index (κ3) is 4.25. The molecular formula is C22H20N2O4S. The van der Waals surface area contributed by atoms with Gasteiger partial charge in [0.2, 0.25) is 0 Å². The lowest BCUT2D eigenvalue weighted by molar-refractivity contribution is 0.258. The van der Waals surface area contributed by atoms with Crippen LogP contribution in [-0.2, 0) is 13.2 Å². The van der Waals surface area contributed by atoms with Crippen LogP contribution in [0.5, 0.6) is 5.75 Å². The minimum Gasteiger partial charge on any atom is -0.488 e. The highest BCUT2D eigenvalue weighted by Crippen LogP contribution is 2.31. The van der Waals surface area contributed by atoms with Crippen LogP contribution in [0.15, 0.2) is 68.0 Å². The third-order valence-corrected chi connectivity index (χ3v) is 5.59. The fraction of sp³-hybridized carbons (Fsp3) is 0.182. The molecule has 2 heterocycles. The van der Waals surface area contributed by atoms with Crippen molar-refractivity contribution in [1.29, 1.82) is 0 Å². The molecule has 29 heavy (non-hydrogen) atoms. The maximum Gasteiger partial charge on any atom is 0.440 e. The SMILES string of the molecule is Cc1cccc(C)c1-c1csc(COc2ccc(Cn3oc(=O)[nH]c3=O)cc2)c1.